The van der Waals surface area contributed by atoms with Crippen LogP contribution in [0.25, 0.3) is 0 Å². The Hall–Kier alpha value is -3.31. The highest BCUT2D eigenvalue weighted by Crippen LogP contribution is 2.36. The van der Waals surface area contributed by atoms with Crippen molar-refractivity contribution in [2.24, 2.45) is 11.7 Å². The average Bonchev–Trinajstić information content (AvgIpc) is 2.88. The fourth-order valence-corrected chi connectivity index (χ4v) is 6.26. The average molecular weight is 606 g/mol. The second-order valence-electron chi connectivity index (χ2n) is 9.76. The van der Waals surface area contributed by atoms with Gasteiger partial charge in [0.15, 0.2) is 0 Å². The predicted molar refractivity (Wildman–Crippen MR) is 156 cm³/mol. The third-order valence-corrected chi connectivity index (χ3v) is 8.59. The third kappa shape index (κ3) is 7.45. The maximum atomic E-state index is 13.1. The van der Waals surface area contributed by atoms with Crippen molar-refractivity contribution in [3.63, 3.8) is 0 Å². The molecule has 3 aromatic carbocycles. The van der Waals surface area contributed by atoms with E-state index in [2.05, 4.69) is 14.9 Å². The van der Waals surface area contributed by atoms with Crippen molar-refractivity contribution in [1.82, 2.24) is 10.2 Å². The Morgan fingerprint density at radius 3 is 2.05 bits per heavy atom. The number of halogens is 2. The molecule has 1 aliphatic rings. The van der Waals surface area contributed by atoms with Crippen LogP contribution in [0.1, 0.15) is 34.5 Å². The topological polar surface area (TPSA) is 131 Å². The number of benzene rings is 3. The molecule has 1 fully saturated rings. The number of likely N-dealkylation sites (tertiary alicyclic amines) is 1. The van der Waals surface area contributed by atoms with Crippen molar-refractivity contribution in [3.05, 3.63) is 93.5 Å². The smallest absolute Gasteiger partial charge is 0.252 e. The Morgan fingerprint density at radius 1 is 1.00 bits per heavy atom. The summed E-state index contributed by atoms with van der Waals surface area (Å²) in [5.74, 6) is -1.21. The number of sulfonamides is 1. The minimum Gasteiger partial charge on any atom is -0.497 e. The van der Waals surface area contributed by atoms with E-state index in [1.807, 2.05) is 48.5 Å². The molecule has 0 unspecified atom stereocenters. The number of amides is 2. The summed E-state index contributed by atoms with van der Waals surface area (Å²) in [6.45, 7) is 2.58. The summed E-state index contributed by atoms with van der Waals surface area (Å²) in [7, 11) is -2.36. The van der Waals surface area contributed by atoms with E-state index in [-0.39, 0.29) is 34.7 Å². The van der Waals surface area contributed by atoms with Gasteiger partial charge in [0, 0.05) is 40.7 Å². The largest absolute Gasteiger partial charge is 0.497 e. The number of nitrogens with zero attached hydrogens (tertiary/aromatic N) is 1. The van der Waals surface area contributed by atoms with Crippen LogP contribution in [0, 0.1) is 5.92 Å². The van der Waals surface area contributed by atoms with Gasteiger partial charge in [0.05, 0.1) is 24.6 Å². The molecule has 0 bridgehead atoms. The van der Waals surface area contributed by atoms with Crippen molar-refractivity contribution in [2.75, 3.05) is 30.7 Å². The first-order valence-electron chi connectivity index (χ1n) is 12.5. The molecule has 0 aromatic heterocycles. The first kappa shape index (κ1) is 29.7. The number of hydrogen-bond acceptors (Lipinski definition) is 6. The van der Waals surface area contributed by atoms with Crippen molar-refractivity contribution < 1.29 is 22.7 Å². The molecule has 0 radical (unpaired) electrons. The second-order valence-corrected chi connectivity index (χ2v) is 12.4. The van der Waals surface area contributed by atoms with Gasteiger partial charge in [0.25, 0.3) is 5.91 Å². The molecule has 40 heavy (non-hydrogen) atoms. The fourth-order valence-electron chi connectivity index (χ4n) is 4.62. The summed E-state index contributed by atoms with van der Waals surface area (Å²) in [6.07, 6.45) is 0. The monoisotopic (exact) mass is 604 g/mol. The van der Waals surface area contributed by atoms with E-state index in [0.29, 0.717) is 23.1 Å². The zero-order valence-electron chi connectivity index (χ0n) is 21.9. The summed E-state index contributed by atoms with van der Waals surface area (Å²) in [5, 5.41) is 3.74. The number of ether oxygens (including phenoxy) is 1. The molecule has 4 N–H and O–H groups in total. The van der Waals surface area contributed by atoms with Gasteiger partial charge in [-0.05, 0) is 54.4 Å². The Kier molecular flexibility index (Phi) is 9.25. The van der Waals surface area contributed by atoms with E-state index in [1.54, 1.807) is 0 Å². The molecule has 212 valence electrons. The van der Waals surface area contributed by atoms with E-state index in [4.69, 9.17) is 33.7 Å². The molecule has 4 rings (SSSR count). The van der Waals surface area contributed by atoms with Crippen molar-refractivity contribution in [2.45, 2.75) is 19.0 Å². The summed E-state index contributed by atoms with van der Waals surface area (Å²) < 4.78 is 34.0. The number of methoxy groups -OCH3 is 1. The number of hydrogen-bond donors (Lipinski definition) is 3. The zero-order chi connectivity index (χ0) is 29.0. The van der Waals surface area contributed by atoms with E-state index < -0.39 is 27.9 Å². The number of anilines is 1. The lowest BCUT2D eigenvalue weighted by Gasteiger charge is -2.44. The maximum absolute atomic E-state index is 13.1. The number of rotatable bonds is 11. The van der Waals surface area contributed by atoms with Crippen LogP contribution in [0.4, 0.5) is 5.69 Å². The molecule has 1 atom stereocenters. The maximum Gasteiger partial charge on any atom is 0.252 e. The lowest BCUT2D eigenvalue weighted by Crippen LogP contribution is -2.51. The molecule has 3 aromatic rings. The van der Waals surface area contributed by atoms with Gasteiger partial charge in [-0.15, -0.1) is 0 Å². The lowest BCUT2D eigenvalue weighted by atomic mass is 9.91. The van der Waals surface area contributed by atoms with Crippen LogP contribution in [0.5, 0.6) is 5.75 Å². The number of nitrogens with one attached hydrogen (secondary N) is 2. The lowest BCUT2D eigenvalue weighted by molar-refractivity contribution is -0.119. The van der Waals surface area contributed by atoms with Gasteiger partial charge < -0.3 is 15.8 Å². The summed E-state index contributed by atoms with van der Waals surface area (Å²) >= 11 is 12.2. The van der Waals surface area contributed by atoms with Crippen molar-refractivity contribution in [3.8, 4) is 5.75 Å². The van der Waals surface area contributed by atoms with Gasteiger partial charge in [-0.1, -0.05) is 47.5 Å². The van der Waals surface area contributed by atoms with Gasteiger partial charge in [0.2, 0.25) is 15.9 Å². The van der Waals surface area contributed by atoms with E-state index in [1.165, 1.54) is 32.2 Å². The molecular weight excluding hydrogens is 575 g/mol. The highest BCUT2D eigenvalue weighted by molar-refractivity contribution is 7.92. The van der Waals surface area contributed by atoms with Crippen LogP contribution in [-0.2, 0) is 14.8 Å². The van der Waals surface area contributed by atoms with Crippen molar-refractivity contribution >= 4 is 50.7 Å². The van der Waals surface area contributed by atoms with Crippen LogP contribution in [0.2, 0.25) is 10.0 Å². The quantitative estimate of drug-likeness (QED) is 0.302. The van der Waals surface area contributed by atoms with Crippen molar-refractivity contribution in [1.29, 1.82) is 0 Å². The normalized spacial score (nSPS) is 14.8. The molecule has 0 spiro atoms. The summed E-state index contributed by atoms with van der Waals surface area (Å²) in [4.78, 5) is 26.1. The number of primary amides is 1. The molecule has 0 aliphatic carbocycles. The van der Waals surface area contributed by atoms with Gasteiger partial charge in [-0.2, -0.15) is 0 Å². The van der Waals surface area contributed by atoms with Crippen LogP contribution in [-0.4, -0.2) is 57.1 Å². The summed E-state index contributed by atoms with van der Waals surface area (Å²) in [6, 6.07) is 18.5. The Labute approximate surface area is 243 Å². The fraction of sp³-hybridized carbons (Fsp3) is 0.286. The molecule has 1 heterocycles. The van der Waals surface area contributed by atoms with Gasteiger partial charge in [-0.3, -0.25) is 19.2 Å². The van der Waals surface area contributed by atoms with Crippen LogP contribution in [0.15, 0.2) is 66.7 Å². The molecule has 2 amide bonds. The zero-order valence-corrected chi connectivity index (χ0v) is 24.3. The molecule has 1 aliphatic heterocycles. The first-order chi connectivity index (χ1) is 18.9. The van der Waals surface area contributed by atoms with Gasteiger partial charge in [-0.25, -0.2) is 8.42 Å². The predicted octanol–water partition coefficient (Wildman–Crippen LogP) is 4.07. The highest BCUT2D eigenvalue weighted by Gasteiger charge is 2.36. The number of nitrogens with two attached hydrogens (primary N) is 1. The Balaban J connectivity index is 1.45. The third-order valence-electron chi connectivity index (χ3n) is 6.63. The number of carbonyl (C=O) groups is 2. The molecule has 0 saturated carbocycles. The first-order valence-corrected chi connectivity index (χ1v) is 14.9. The van der Waals surface area contributed by atoms with Crippen LogP contribution < -0.4 is 20.5 Å². The van der Waals surface area contributed by atoms with Crippen LogP contribution >= 0.6 is 23.2 Å². The van der Waals surface area contributed by atoms with Gasteiger partial charge in [0.1, 0.15) is 11.8 Å². The van der Waals surface area contributed by atoms with Gasteiger partial charge >= 0.3 is 0 Å². The Morgan fingerprint density at radius 2 is 1.55 bits per heavy atom. The molecule has 1 saturated heterocycles. The van der Waals surface area contributed by atoms with Crippen LogP contribution in [0.3, 0.4) is 0 Å². The molecular formula is C28H30Cl2N4O5S. The molecule has 12 heteroatoms. The van der Waals surface area contributed by atoms with E-state index in [0.717, 1.165) is 11.1 Å². The SMILES string of the molecule is COc1cc(NS(=O)(=O)CC2CN(C(c3ccc(Cl)cc3)c3ccc(Cl)cc3)C2)cc(C(=O)N[C@@H](C)C(N)=O)c1. The standard InChI is InChI=1S/C28H30Cl2N4O5S/c1-17(27(31)35)32-28(36)21-11-24(13-25(12-21)39-2)33-40(37,38)16-18-14-34(15-18)26(19-3-7-22(29)8-4-19)20-5-9-23(30)10-6-20/h3-13,17-18,26,33H,14-16H2,1-2H3,(H2,31,35)(H,32,36)/t17-/m0/s1. The highest BCUT2D eigenvalue weighted by atomic mass is 35.5. The number of carbonyl (C=O) groups excluding carboxylic acids is 2. The molecule has 9 nitrogen and oxygen atoms in total. The Bertz CT molecular complexity index is 1430. The van der Waals surface area contributed by atoms with E-state index >= 15 is 0 Å². The van der Waals surface area contributed by atoms with E-state index in [9.17, 15) is 18.0 Å². The minimum atomic E-state index is -3.76. The minimum absolute atomic E-state index is 0.0799. The summed E-state index contributed by atoms with van der Waals surface area (Å²) in [5.41, 5.74) is 7.59. The second kappa shape index (κ2) is 12.5.